The summed E-state index contributed by atoms with van der Waals surface area (Å²) < 4.78 is 0. The van der Waals surface area contributed by atoms with Crippen molar-refractivity contribution in [3.8, 4) is 0 Å². The van der Waals surface area contributed by atoms with Crippen LogP contribution in [0.4, 0.5) is 0 Å². The van der Waals surface area contributed by atoms with Crippen LogP contribution in [0.15, 0.2) is 6.07 Å². The summed E-state index contributed by atoms with van der Waals surface area (Å²) in [5, 5.41) is 8.99. The van der Waals surface area contributed by atoms with E-state index in [1.54, 1.807) is 0 Å². The van der Waals surface area contributed by atoms with E-state index >= 15 is 0 Å². The quantitative estimate of drug-likeness (QED) is 0.857. The molecule has 1 aromatic rings. The van der Waals surface area contributed by atoms with Crippen LogP contribution in [0.25, 0.3) is 0 Å². The fourth-order valence-corrected chi connectivity index (χ4v) is 2.55. The summed E-state index contributed by atoms with van der Waals surface area (Å²) in [5.41, 5.74) is 2.10. The topological polar surface area (TPSA) is 49.2 Å². The van der Waals surface area contributed by atoms with Crippen LogP contribution < -0.4 is 0 Å². The van der Waals surface area contributed by atoms with Gasteiger partial charge in [0.1, 0.15) is 5.82 Å². The molecular weight excluding hydrogens is 214 g/mol. The Labute approximate surface area is 103 Å². The van der Waals surface area contributed by atoms with Gasteiger partial charge in [0.05, 0.1) is 6.61 Å². The largest absolute Gasteiger partial charge is 0.395 e. The molecule has 0 saturated carbocycles. The van der Waals surface area contributed by atoms with Crippen LogP contribution in [0.5, 0.6) is 0 Å². The van der Waals surface area contributed by atoms with Gasteiger partial charge in [-0.1, -0.05) is 0 Å². The average Bonchev–Trinajstić information content (AvgIpc) is 2.28. The molecule has 1 aliphatic rings. The van der Waals surface area contributed by atoms with Crippen molar-refractivity contribution in [2.75, 3.05) is 26.2 Å². The lowest BCUT2D eigenvalue weighted by atomic mass is 9.97. The third kappa shape index (κ3) is 3.23. The number of likely N-dealkylation sites (tertiary alicyclic amines) is 1. The highest BCUT2D eigenvalue weighted by molar-refractivity contribution is 5.11. The van der Waals surface area contributed by atoms with Crippen molar-refractivity contribution in [3.63, 3.8) is 0 Å². The van der Waals surface area contributed by atoms with Crippen molar-refractivity contribution in [1.29, 1.82) is 0 Å². The summed E-state index contributed by atoms with van der Waals surface area (Å²) >= 11 is 0. The molecule has 0 aromatic carbocycles. The molecule has 2 rings (SSSR count). The predicted octanol–water partition coefficient (Wildman–Crippen LogP) is 1.27. The summed E-state index contributed by atoms with van der Waals surface area (Å²) in [6.45, 7) is 7.10. The molecule has 94 valence electrons. The first kappa shape index (κ1) is 12.5. The molecule has 1 saturated heterocycles. The first-order valence-corrected chi connectivity index (χ1v) is 6.34. The number of β-amino-alcohol motifs (C(OH)–C–C–N with tert-alkyl or cyclic N) is 1. The fourth-order valence-electron chi connectivity index (χ4n) is 2.55. The normalized spacial score (nSPS) is 21.7. The van der Waals surface area contributed by atoms with E-state index in [9.17, 15) is 0 Å². The van der Waals surface area contributed by atoms with Crippen LogP contribution in [0, 0.1) is 13.8 Å². The van der Waals surface area contributed by atoms with E-state index in [1.807, 2.05) is 19.9 Å². The summed E-state index contributed by atoms with van der Waals surface area (Å²) in [7, 11) is 0. The molecule has 1 atom stereocenters. The summed E-state index contributed by atoms with van der Waals surface area (Å²) in [6, 6.07) is 2.01. The maximum atomic E-state index is 8.99. The minimum atomic E-state index is 0.237. The monoisotopic (exact) mass is 235 g/mol. The lowest BCUT2D eigenvalue weighted by Gasteiger charge is -2.31. The molecule has 0 amide bonds. The molecule has 1 aromatic heterocycles. The summed E-state index contributed by atoms with van der Waals surface area (Å²) in [4.78, 5) is 11.4. The number of hydrogen-bond donors (Lipinski definition) is 1. The first-order valence-electron chi connectivity index (χ1n) is 6.34. The van der Waals surface area contributed by atoms with E-state index in [4.69, 9.17) is 5.11 Å². The smallest absolute Gasteiger partial charge is 0.133 e. The maximum absolute atomic E-state index is 8.99. The maximum Gasteiger partial charge on any atom is 0.133 e. The van der Waals surface area contributed by atoms with Crippen LogP contribution >= 0.6 is 0 Å². The van der Waals surface area contributed by atoms with E-state index in [0.29, 0.717) is 5.92 Å². The van der Waals surface area contributed by atoms with Crippen molar-refractivity contribution >= 4 is 0 Å². The number of aromatic nitrogens is 2. The molecule has 1 N–H and O–H groups in total. The lowest BCUT2D eigenvalue weighted by molar-refractivity contribution is 0.159. The van der Waals surface area contributed by atoms with E-state index in [1.165, 1.54) is 6.42 Å². The third-order valence-corrected chi connectivity index (χ3v) is 3.29. The molecule has 4 heteroatoms. The number of piperidine rings is 1. The van der Waals surface area contributed by atoms with Gasteiger partial charge in [-0.05, 0) is 39.3 Å². The Bertz CT molecular complexity index is 359. The predicted molar refractivity (Wildman–Crippen MR) is 67.0 cm³/mol. The zero-order chi connectivity index (χ0) is 12.3. The SMILES string of the molecule is Cc1cc(C)nc(C2CCCN(CCO)C2)n1. The van der Waals surface area contributed by atoms with Gasteiger partial charge in [0, 0.05) is 30.4 Å². The van der Waals surface area contributed by atoms with E-state index in [-0.39, 0.29) is 6.61 Å². The highest BCUT2D eigenvalue weighted by Crippen LogP contribution is 2.24. The Hall–Kier alpha value is -1.00. The zero-order valence-corrected chi connectivity index (χ0v) is 10.7. The average molecular weight is 235 g/mol. The van der Waals surface area contributed by atoms with E-state index < -0.39 is 0 Å². The highest BCUT2D eigenvalue weighted by Gasteiger charge is 2.23. The van der Waals surface area contributed by atoms with Gasteiger partial charge in [0.2, 0.25) is 0 Å². The van der Waals surface area contributed by atoms with Gasteiger partial charge in [-0.15, -0.1) is 0 Å². The van der Waals surface area contributed by atoms with Gasteiger partial charge in [-0.25, -0.2) is 9.97 Å². The zero-order valence-electron chi connectivity index (χ0n) is 10.7. The number of hydrogen-bond acceptors (Lipinski definition) is 4. The second-order valence-electron chi connectivity index (χ2n) is 4.87. The molecule has 4 nitrogen and oxygen atoms in total. The van der Waals surface area contributed by atoms with Crippen molar-refractivity contribution < 1.29 is 5.11 Å². The molecular formula is C13H21N3O. The van der Waals surface area contributed by atoms with E-state index in [2.05, 4.69) is 14.9 Å². The van der Waals surface area contributed by atoms with Crippen LogP contribution in [0.1, 0.15) is 36.0 Å². The molecule has 0 spiro atoms. The molecule has 1 aliphatic heterocycles. The van der Waals surface area contributed by atoms with Crippen molar-refractivity contribution in [2.45, 2.75) is 32.6 Å². The number of rotatable bonds is 3. The second kappa shape index (κ2) is 5.56. The summed E-state index contributed by atoms with van der Waals surface area (Å²) in [6.07, 6.45) is 2.33. The van der Waals surface area contributed by atoms with Gasteiger partial charge in [0.15, 0.2) is 0 Å². The Kier molecular flexibility index (Phi) is 4.07. The van der Waals surface area contributed by atoms with Crippen LogP contribution in [-0.2, 0) is 0 Å². The van der Waals surface area contributed by atoms with Crippen molar-refractivity contribution in [1.82, 2.24) is 14.9 Å². The van der Waals surface area contributed by atoms with Gasteiger partial charge in [-0.3, -0.25) is 0 Å². The molecule has 17 heavy (non-hydrogen) atoms. The Balaban J connectivity index is 2.10. The van der Waals surface area contributed by atoms with Crippen molar-refractivity contribution in [2.24, 2.45) is 0 Å². The Morgan fingerprint density at radius 2 is 2.06 bits per heavy atom. The lowest BCUT2D eigenvalue weighted by Crippen LogP contribution is -2.36. The first-order chi connectivity index (χ1) is 8.19. The van der Waals surface area contributed by atoms with Gasteiger partial charge < -0.3 is 10.0 Å². The number of nitrogens with zero attached hydrogens (tertiary/aromatic N) is 3. The Morgan fingerprint density at radius 1 is 1.35 bits per heavy atom. The minimum Gasteiger partial charge on any atom is -0.395 e. The molecule has 2 heterocycles. The highest BCUT2D eigenvalue weighted by atomic mass is 16.3. The third-order valence-electron chi connectivity index (χ3n) is 3.29. The van der Waals surface area contributed by atoms with Crippen molar-refractivity contribution in [3.05, 3.63) is 23.3 Å². The van der Waals surface area contributed by atoms with Gasteiger partial charge in [0.25, 0.3) is 0 Å². The number of aryl methyl sites for hydroxylation is 2. The van der Waals surface area contributed by atoms with Crippen LogP contribution in [-0.4, -0.2) is 46.2 Å². The van der Waals surface area contributed by atoms with Gasteiger partial charge in [-0.2, -0.15) is 0 Å². The molecule has 0 bridgehead atoms. The Morgan fingerprint density at radius 3 is 2.71 bits per heavy atom. The van der Waals surface area contributed by atoms with Crippen LogP contribution in [0.3, 0.4) is 0 Å². The molecule has 1 fully saturated rings. The number of aliphatic hydroxyl groups excluding tert-OH is 1. The molecule has 0 aliphatic carbocycles. The minimum absolute atomic E-state index is 0.237. The number of aliphatic hydroxyl groups is 1. The van der Waals surface area contributed by atoms with Gasteiger partial charge >= 0.3 is 0 Å². The molecule has 0 radical (unpaired) electrons. The fraction of sp³-hybridized carbons (Fsp3) is 0.692. The molecule has 1 unspecified atom stereocenters. The summed E-state index contributed by atoms with van der Waals surface area (Å²) in [5.74, 6) is 1.40. The van der Waals surface area contributed by atoms with Crippen LogP contribution in [0.2, 0.25) is 0 Å². The second-order valence-corrected chi connectivity index (χ2v) is 4.87. The van der Waals surface area contributed by atoms with E-state index in [0.717, 1.165) is 43.3 Å². The standard InChI is InChI=1S/C13H21N3O/c1-10-8-11(2)15-13(14-10)12-4-3-5-16(9-12)6-7-17/h8,12,17H,3-7,9H2,1-2H3.